The van der Waals surface area contributed by atoms with Gasteiger partial charge in [0.25, 0.3) is 0 Å². The van der Waals surface area contributed by atoms with E-state index < -0.39 is 5.60 Å². The van der Waals surface area contributed by atoms with E-state index >= 15 is 0 Å². The number of ether oxygens (including phenoxy) is 4. The van der Waals surface area contributed by atoms with Crippen molar-refractivity contribution in [3.8, 4) is 0 Å². The number of carbonyl (C=O) groups excluding carboxylic acids is 2. The Balaban J connectivity index is 3.26. The van der Waals surface area contributed by atoms with E-state index in [1.165, 1.54) is 70.6 Å². The summed E-state index contributed by atoms with van der Waals surface area (Å²) in [5.74, 6) is -0.408. The number of esters is 2. The quantitative estimate of drug-likeness (QED) is 0.121. The van der Waals surface area contributed by atoms with Crippen molar-refractivity contribution < 1.29 is 28.5 Å². The second kappa shape index (κ2) is 22.6. The molecule has 6 heteroatoms. The van der Waals surface area contributed by atoms with Gasteiger partial charge in [-0.1, -0.05) is 84.0 Å². The molecule has 0 aromatic rings. The predicted octanol–water partition coefficient (Wildman–Crippen LogP) is 6.78. The fraction of sp³-hybridized carbons (Fsp3) is 0.926. The fourth-order valence-electron chi connectivity index (χ4n) is 3.44. The topological polar surface area (TPSA) is 71.1 Å². The Bertz CT molecular complexity index is 458. The maximum atomic E-state index is 11.7. The summed E-state index contributed by atoms with van der Waals surface area (Å²) in [6.45, 7) is 9.53. The molecule has 0 aromatic heterocycles. The Hall–Kier alpha value is -1.14. The van der Waals surface area contributed by atoms with Crippen LogP contribution in [0.1, 0.15) is 124 Å². The van der Waals surface area contributed by atoms with E-state index in [0.717, 1.165) is 12.8 Å². The third-order valence-corrected chi connectivity index (χ3v) is 5.22. The minimum atomic E-state index is -0.468. The zero-order valence-electron chi connectivity index (χ0n) is 22.1. The van der Waals surface area contributed by atoms with Gasteiger partial charge in [-0.15, -0.1) is 0 Å². The van der Waals surface area contributed by atoms with E-state index in [2.05, 4.69) is 6.92 Å². The van der Waals surface area contributed by atoms with Gasteiger partial charge in [0.05, 0.1) is 32.8 Å². The van der Waals surface area contributed by atoms with Gasteiger partial charge in [0.1, 0.15) is 12.2 Å². The molecule has 0 bridgehead atoms. The molecule has 33 heavy (non-hydrogen) atoms. The van der Waals surface area contributed by atoms with Gasteiger partial charge in [0, 0.05) is 6.42 Å². The van der Waals surface area contributed by atoms with Gasteiger partial charge in [-0.25, -0.2) is 0 Å². The first kappa shape index (κ1) is 31.9. The van der Waals surface area contributed by atoms with Crippen molar-refractivity contribution in [2.24, 2.45) is 0 Å². The number of carbonyl (C=O) groups is 2. The van der Waals surface area contributed by atoms with E-state index in [0.29, 0.717) is 32.8 Å². The van der Waals surface area contributed by atoms with E-state index in [9.17, 15) is 9.59 Å². The van der Waals surface area contributed by atoms with E-state index in [1.54, 1.807) is 0 Å². The molecule has 196 valence electrons. The zero-order valence-corrected chi connectivity index (χ0v) is 22.1. The second-order valence-electron chi connectivity index (χ2n) is 9.77. The fourth-order valence-corrected chi connectivity index (χ4v) is 3.44. The number of unbranched alkanes of at least 4 members (excludes halogenated alkanes) is 12. The van der Waals surface area contributed by atoms with Crippen LogP contribution in [0.2, 0.25) is 0 Å². The summed E-state index contributed by atoms with van der Waals surface area (Å²) in [5, 5.41) is 0. The lowest BCUT2D eigenvalue weighted by Gasteiger charge is -2.19. The van der Waals surface area contributed by atoms with Crippen LogP contribution in [0.3, 0.4) is 0 Å². The molecule has 6 nitrogen and oxygen atoms in total. The van der Waals surface area contributed by atoms with Crippen LogP contribution in [0.4, 0.5) is 0 Å². The SMILES string of the molecule is CCCCCCCCCCCCCCCC(=O)OCCOCCOCCC(=O)OC(C)(C)C. The highest BCUT2D eigenvalue weighted by atomic mass is 16.6. The summed E-state index contributed by atoms with van der Waals surface area (Å²) in [4.78, 5) is 23.3. The average Bonchev–Trinajstić information content (AvgIpc) is 2.74. The van der Waals surface area contributed by atoms with Crippen molar-refractivity contribution >= 4 is 11.9 Å². The summed E-state index contributed by atoms with van der Waals surface area (Å²) < 4.78 is 21.1. The van der Waals surface area contributed by atoms with Crippen LogP contribution < -0.4 is 0 Å². The third kappa shape index (κ3) is 27.0. The molecule has 0 aliphatic carbocycles. The van der Waals surface area contributed by atoms with Crippen LogP contribution in [-0.4, -0.2) is 50.6 Å². The lowest BCUT2D eigenvalue weighted by Crippen LogP contribution is -2.24. The summed E-state index contributed by atoms with van der Waals surface area (Å²) in [7, 11) is 0. The van der Waals surface area contributed by atoms with Crippen LogP contribution in [-0.2, 0) is 28.5 Å². The Labute approximate surface area is 203 Å². The van der Waals surface area contributed by atoms with Crippen LogP contribution in [0, 0.1) is 0 Å². The van der Waals surface area contributed by atoms with Crippen molar-refractivity contribution in [3.05, 3.63) is 0 Å². The van der Waals surface area contributed by atoms with Crippen molar-refractivity contribution in [2.75, 3.05) is 33.0 Å². The van der Waals surface area contributed by atoms with Gasteiger partial charge < -0.3 is 18.9 Å². The van der Waals surface area contributed by atoms with E-state index in [-0.39, 0.29) is 25.0 Å². The molecular weight excluding hydrogens is 420 g/mol. The van der Waals surface area contributed by atoms with Crippen molar-refractivity contribution in [1.29, 1.82) is 0 Å². The minimum Gasteiger partial charge on any atom is -0.463 e. The van der Waals surface area contributed by atoms with Crippen molar-refractivity contribution in [2.45, 2.75) is 130 Å². The van der Waals surface area contributed by atoms with Gasteiger partial charge >= 0.3 is 11.9 Å². The molecule has 0 saturated carbocycles. The highest BCUT2D eigenvalue weighted by molar-refractivity contribution is 5.70. The van der Waals surface area contributed by atoms with E-state index in [4.69, 9.17) is 18.9 Å². The molecule has 0 aliphatic rings. The molecule has 0 amide bonds. The second-order valence-corrected chi connectivity index (χ2v) is 9.77. The summed E-state index contributed by atoms with van der Waals surface area (Å²) in [6, 6.07) is 0. The molecule has 0 heterocycles. The first-order valence-corrected chi connectivity index (χ1v) is 13.4. The maximum Gasteiger partial charge on any atom is 0.308 e. The molecule has 0 radical (unpaired) electrons. The number of hydrogen-bond donors (Lipinski definition) is 0. The van der Waals surface area contributed by atoms with Gasteiger partial charge in [-0.2, -0.15) is 0 Å². The average molecular weight is 473 g/mol. The Morgan fingerprint density at radius 1 is 0.545 bits per heavy atom. The molecule has 0 atom stereocenters. The Morgan fingerprint density at radius 3 is 1.52 bits per heavy atom. The van der Waals surface area contributed by atoms with Crippen molar-refractivity contribution in [1.82, 2.24) is 0 Å². The highest BCUT2D eigenvalue weighted by Crippen LogP contribution is 2.13. The minimum absolute atomic E-state index is 0.143. The first-order valence-electron chi connectivity index (χ1n) is 13.4. The highest BCUT2D eigenvalue weighted by Gasteiger charge is 2.15. The molecule has 0 unspecified atom stereocenters. The lowest BCUT2D eigenvalue weighted by molar-refractivity contribution is -0.156. The Kier molecular flexibility index (Phi) is 21.9. The zero-order chi connectivity index (χ0) is 24.6. The molecule has 0 N–H and O–H groups in total. The lowest BCUT2D eigenvalue weighted by atomic mass is 10.0. The number of rotatable bonds is 23. The molecule has 0 saturated heterocycles. The molecule has 0 aromatic carbocycles. The molecule has 0 rings (SSSR count). The van der Waals surface area contributed by atoms with Gasteiger partial charge in [-0.3, -0.25) is 9.59 Å². The monoisotopic (exact) mass is 472 g/mol. The van der Waals surface area contributed by atoms with Gasteiger partial charge in [0.2, 0.25) is 0 Å². The largest absolute Gasteiger partial charge is 0.463 e. The summed E-state index contributed by atoms with van der Waals surface area (Å²) in [5.41, 5.74) is -0.468. The first-order chi connectivity index (χ1) is 15.8. The summed E-state index contributed by atoms with van der Waals surface area (Å²) >= 11 is 0. The van der Waals surface area contributed by atoms with Crippen LogP contribution in [0.5, 0.6) is 0 Å². The van der Waals surface area contributed by atoms with Crippen LogP contribution in [0.15, 0.2) is 0 Å². The molecular formula is C27H52O6. The number of hydrogen-bond acceptors (Lipinski definition) is 6. The van der Waals surface area contributed by atoms with E-state index in [1.807, 2.05) is 20.8 Å². The van der Waals surface area contributed by atoms with Crippen LogP contribution >= 0.6 is 0 Å². The van der Waals surface area contributed by atoms with Crippen molar-refractivity contribution in [3.63, 3.8) is 0 Å². The molecule has 0 spiro atoms. The van der Waals surface area contributed by atoms with Gasteiger partial charge in [0.15, 0.2) is 0 Å². The van der Waals surface area contributed by atoms with Gasteiger partial charge in [-0.05, 0) is 27.2 Å². The van der Waals surface area contributed by atoms with Crippen LogP contribution in [0.25, 0.3) is 0 Å². The molecule has 0 aliphatic heterocycles. The summed E-state index contributed by atoms with van der Waals surface area (Å²) in [6.07, 6.45) is 17.6. The predicted molar refractivity (Wildman–Crippen MR) is 133 cm³/mol. The third-order valence-electron chi connectivity index (χ3n) is 5.22. The normalized spacial score (nSPS) is 11.5. The smallest absolute Gasteiger partial charge is 0.308 e. The maximum absolute atomic E-state index is 11.7. The Morgan fingerprint density at radius 2 is 1.00 bits per heavy atom. The molecule has 0 fully saturated rings. The standard InChI is InChI=1S/C27H52O6/c1-5-6-7-8-9-10-11-12-13-14-15-16-17-18-25(28)32-24-23-31-22-21-30-20-19-26(29)33-27(2,3)4/h5-24H2,1-4H3.